The van der Waals surface area contributed by atoms with Crippen molar-refractivity contribution in [3.63, 3.8) is 0 Å². The monoisotopic (exact) mass is 438 g/mol. The Morgan fingerprint density at radius 2 is 1.81 bits per heavy atom. The Labute approximate surface area is 164 Å². The molecular weight excluding hydrogens is 432 g/mol. The molecule has 0 aliphatic carbocycles. The number of nitrogens with zero attached hydrogens (tertiary/aromatic N) is 2. The Kier molecular flexibility index (Phi) is 5.16. The molecule has 0 saturated carbocycles. The van der Waals surface area contributed by atoms with Crippen LogP contribution >= 0.6 is 34.8 Å². The van der Waals surface area contributed by atoms with Gasteiger partial charge in [0.25, 0.3) is 0 Å². The Morgan fingerprint density at radius 1 is 1.19 bits per heavy atom. The second-order valence-corrected chi connectivity index (χ2v) is 7.93. The number of hydrogen-bond acceptors (Lipinski definition) is 3. The zero-order chi connectivity index (χ0) is 19.9. The molecule has 0 radical (unpaired) electrons. The van der Waals surface area contributed by atoms with E-state index < -0.39 is 39.4 Å². The Morgan fingerprint density at radius 3 is 2.37 bits per heavy atom. The Hall–Kier alpha value is -2.16. The van der Waals surface area contributed by atoms with E-state index in [1.165, 1.54) is 18.2 Å². The van der Waals surface area contributed by atoms with Gasteiger partial charge < -0.3 is 9.63 Å². The number of alkyl halides is 3. The van der Waals surface area contributed by atoms with Crippen LogP contribution in [0.25, 0.3) is 22.1 Å². The molecule has 3 aromatic rings. The molecule has 1 N–H and O–H groups in total. The van der Waals surface area contributed by atoms with Crippen molar-refractivity contribution in [1.82, 2.24) is 5.16 Å². The van der Waals surface area contributed by atoms with Crippen molar-refractivity contribution < 1.29 is 27.6 Å². The van der Waals surface area contributed by atoms with Crippen LogP contribution in [0.2, 0.25) is 0 Å². The van der Waals surface area contributed by atoms with E-state index >= 15 is 0 Å². The van der Waals surface area contributed by atoms with Gasteiger partial charge in [0.2, 0.25) is 3.79 Å². The molecule has 1 aromatic heterocycles. The first-order valence-electron chi connectivity index (χ1n) is 7.19. The third-order valence-electron chi connectivity index (χ3n) is 3.58. The first kappa shape index (κ1) is 19.6. The minimum absolute atomic E-state index is 0.0289. The topological polar surface area (TPSA) is 66.6 Å². The summed E-state index contributed by atoms with van der Waals surface area (Å²) in [4.78, 5) is 12.2. The van der Waals surface area contributed by atoms with Crippen LogP contribution in [0, 0.1) is 17.5 Å². The van der Waals surface area contributed by atoms with Crippen molar-refractivity contribution in [2.24, 2.45) is 0 Å². The number of carboxylic acid groups (broad SMARTS) is 1. The summed E-state index contributed by atoms with van der Waals surface area (Å²) in [5, 5.41) is 13.0. The van der Waals surface area contributed by atoms with Gasteiger partial charge >= 0.3 is 6.09 Å². The maximum absolute atomic E-state index is 14.3. The van der Waals surface area contributed by atoms with Crippen molar-refractivity contribution in [3.05, 3.63) is 47.8 Å². The van der Waals surface area contributed by atoms with E-state index in [2.05, 4.69) is 5.16 Å². The second-order valence-electron chi connectivity index (χ2n) is 5.41. The lowest BCUT2D eigenvalue weighted by molar-refractivity contribution is 0.201. The molecule has 11 heteroatoms. The van der Waals surface area contributed by atoms with Crippen LogP contribution in [-0.4, -0.2) is 26.7 Å². The molecule has 0 aliphatic rings. The third-order valence-corrected chi connectivity index (χ3v) is 3.94. The predicted molar refractivity (Wildman–Crippen MR) is 95.0 cm³/mol. The van der Waals surface area contributed by atoms with E-state index in [1.54, 1.807) is 0 Å². The van der Waals surface area contributed by atoms with E-state index in [0.717, 1.165) is 0 Å². The van der Waals surface area contributed by atoms with Gasteiger partial charge in [0, 0.05) is 17.7 Å². The lowest BCUT2D eigenvalue weighted by atomic mass is 10.00. The van der Waals surface area contributed by atoms with E-state index in [0.29, 0.717) is 17.0 Å². The highest BCUT2D eigenvalue weighted by molar-refractivity contribution is 6.68. The second kappa shape index (κ2) is 7.10. The zero-order valence-corrected chi connectivity index (χ0v) is 15.3. The Balaban J connectivity index is 2.29. The van der Waals surface area contributed by atoms with Crippen LogP contribution < -0.4 is 4.90 Å². The van der Waals surface area contributed by atoms with E-state index in [-0.39, 0.29) is 22.4 Å². The van der Waals surface area contributed by atoms with Crippen molar-refractivity contribution in [2.45, 2.75) is 3.79 Å². The minimum atomic E-state index is -2.00. The number of amides is 1. The number of halogens is 6. The van der Waals surface area contributed by atoms with Crippen LogP contribution in [0.15, 0.2) is 34.9 Å². The lowest BCUT2D eigenvalue weighted by Gasteiger charge is -2.21. The summed E-state index contributed by atoms with van der Waals surface area (Å²) in [6.07, 6.45) is -1.54. The van der Waals surface area contributed by atoms with Gasteiger partial charge in [-0.2, -0.15) is 0 Å². The summed E-state index contributed by atoms with van der Waals surface area (Å²) in [6, 6.07) is 5.12. The van der Waals surface area contributed by atoms with Crippen molar-refractivity contribution in [1.29, 1.82) is 0 Å². The quantitative estimate of drug-likeness (QED) is 0.526. The maximum atomic E-state index is 14.3. The highest BCUT2D eigenvalue weighted by Crippen LogP contribution is 2.39. The largest absolute Gasteiger partial charge is 0.465 e. The van der Waals surface area contributed by atoms with Crippen LogP contribution in [0.5, 0.6) is 0 Å². The molecule has 27 heavy (non-hydrogen) atoms. The van der Waals surface area contributed by atoms with Gasteiger partial charge in [0.15, 0.2) is 11.4 Å². The van der Waals surface area contributed by atoms with Crippen molar-refractivity contribution in [2.75, 3.05) is 11.4 Å². The molecule has 0 bridgehead atoms. The highest BCUT2D eigenvalue weighted by atomic mass is 35.6. The van der Waals surface area contributed by atoms with Crippen molar-refractivity contribution >= 4 is 57.7 Å². The molecular formula is C16H8Cl3F3N2O3. The first-order valence-corrected chi connectivity index (χ1v) is 8.32. The summed E-state index contributed by atoms with van der Waals surface area (Å²) >= 11 is 17.0. The van der Waals surface area contributed by atoms with Gasteiger partial charge in [-0.3, -0.25) is 4.90 Å². The molecule has 0 atom stereocenters. The SMILES string of the molecule is O=C(O)N(CC(Cl)(Cl)Cl)c1noc2cccc(-c3c(F)cc(F)cc3F)c12. The van der Waals surface area contributed by atoms with Gasteiger partial charge in [-0.05, 0) is 6.07 Å². The molecule has 0 spiro atoms. The van der Waals surface area contributed by atoms with Gasteiger partial charge in [0.05, 0.1) is 17.5 Å². The molecule has 1 amide bonds. The maximum Gasteiger partial charge on any atom is 0.413 e. The number of aromatic nitrogens is 1. The molecule has 0 unspecified atom stereocenters. The fraction of sp³-hybridized carbons (Fsp3) is 0.125. The summed E-state index contributed by atoms with van der Waals surface area (Å²) in [5.74, 6) is -3.80. The Bertz CT molecular complexity index is 1010. The van der Waals surface area contributed by atoms with Crippen LogP contribution in [0.3, 0.4) is 0 Å². The fourth-order valence-electron chi connectivity index (χ4n) is 2.58. The van der Waals surface area contributed by atoms with Crippen LogP contribution in [0.1, 0.15) is 0 Å². The highest BCUT2D eigenvalue weighted by Gasteiger charge is 2.32. The average molecular weight is 440 g/mol. The average Bonchev–Trinajstić information content (AvgIpc) is 2.95. The molecule has 2 aromatic carbocycles. The summed E-state index contributed by atoms with van der Waals surface area (Å²) in [6.45, 7) is -0.628. The standard InChI is InChI=1S/C16H8Cl3F3N2O3/c17-16(18,19)6-24(15(25)26)14-13-8(2-1-3-11(13)27-23-14)12-9(21)4-7(20)5-10(12)22/h1-5H,6H2,(H,25,26). The molecule has 5 nitrogen and oxygen atoms in total. The van der Waals surface area contributed by atoms with Gasteiger partial charge in [0.1, 0.15) is 17.5 Å². The summed E-state index contributed by atoms with van der Waals surface area (Å²) in [7, 11) is 0. The van der Waals surface area contributed by atoms with E-state index in [1.807, 2.05) is 0 Å². The minimum Gasteiger partial charge on any atom is -0.465 e. The molecule has 0 fully saturated rings. The zero-order valence-electron chi connectivity index (χ0n) is 13.0. The van der Waals surface area contributed by atoms with Crippen LogP contribution in [0.4, 0.5) is 23.8 Å². The number of carbonyl (C=O) groups is 1. The summed E-state index contributed by atoms with van der Waals surface area (Å²) in [5.41, 5.74) is -0.652. The molecule has 1 heterocycles. The molecule has 0 saturated heterocycles. The van der Waals surface area contributed by atoms with Crippen LogP contribution in [-0.2, 0) is 0 Å². The molecule has 142 valence electrons. The number of rotatable bonds is 3. The van der Waals surface area contributed by atoms with Gasteiger partial charge in [-0.25, -0.2) is 18.0 Å². The first-order chi connectivity index (χ1) is 12.6. The number of hydrogen-bond donors (Lipinski definition) is 1. The van der Waals surface area contributed by atoms with Crippen molar-refractivity contribution in [3.8, 4) is 11.1 Å². The molecule has 3 rings (SSSR count). The number of benzene rings is 2. The predicted octanol–water partition coefficient (Wildman–Crippen LogP) is 5.77. The number of fused-ring (bicyclic) bond motifs is 1. The summed E-state index contributed by atoms with van der Waals surface area (Å²) < 4.78 is 44.8. The van der Waals surface area contributed by atoms with Gasteiger partial charge in [-0.1, -0.05) is 52.1 Å². The smallest absolute Gasteiger partial charge is 0.413 e. The normalized spacial score (nSPS) is 11.8. The third kappa shape index (κ3) is 3.92. The van der Waals surface area contributed by atoms with E-state index in [9.17, 15) is 23.1 Å². The fourth-order valence-corrected chi connectivity index (χ4v) is 2.94. The van der Waals surface area contributed by atoms with Gasteiger partial charge in [-0.15, -0.1) is 0 Å². The molecule has 0 aliphatic heterocycles. The lowest BCUT2D eigenvalue weighted by Crippen LogP contribution is -2.37. The number of anilines is 1. The van der Waals surface area contributed by atoms with E-state index in [4.69, 9.17) is 39.3 Å².